The van der Waals surface area contributed by atoms with Gasteiger partial charge in [-0.3, -0.25) is 14.5 Å². The third-order valence-corrected chi connectivity index (χ3v) is 4.91. The van der Waals surface area contributed by atoms with E-state index in [-0.39, 0.29) is 17.6 Å². The Kier molecular flexibility index (Phi) is 5.04. The van der Waals surface area contributed by atoms with E-state index in [1.807, 2.05) is 4.90 Å². The van der Waals surface area contributed by atoms with Crippen LogP contribution in [0.25, 0.3) is 0 Å². The van der Waals surface area contributed by atoms with Gasteiger partial charge in [-0.1, -0.05) is 6.42 Å². The fourth-order valence-corrected chi connectivity index (χ4v) is 3.67. The Bertz CT molecular complexity index is 626. The van der Waals surface area contributed by atoms with Crippen molar-refractivity contribution in [3.63, 3.8) is 0 Å². The monoisotopic (exact) mass is 331 g/mol. The topological polar surface area (TPSA) is 72.9 Å². The lowest BCUT2D eigenvalue weighted by Gasteiger charge is -2.32. The predicted octanol–water partition coefficient (Wildman–Crippen LogP) is 2.05. The number of likely N-dealkylation sites (tertiary alicyclic amines) is 2. The summed E-state index contributed by atoms with van der Waals surface area (Å²) < 4.78 is 0. The van der Waals surface area contributed by atoms with Gasteiger partial charge in [0.25, 0.3) is 5.91 Å². The Hall–Kier alpha value is -2.08. The average molecular weight is 331 g/mol. The molecular formula is C18H25N3O3. The van der Waals surface area contributed by atoms with Gasteiger partial charge in [0.15, 0.2) is 0 Å². The molecule has 2 aliphatic rings. The molecule has 0 saturated carbocycles. The second-order valence-electron chi connectivity index (χ2n) is 6.70. The second-order valence-corrected chi connectivity index (χ2v) is 6.70. The standard InChI is InChI=1S/C18H25N3O3/c1-13(22)19-14-5-6-16(17(23)11-14)18(24)21-10-7-15(12-21)20-8-3-2-4-9-20/h5-6,11,15,23H,2-4,7-10,12H2,1H3,(H,19,22). The fraction of sp³-hybridized carbons (Fsp3) is 0.556. The number of carbonyl (C=O) groups excluding carboxylic acids is 2. The number of piperidine rings is 1. The summed E-state index contributed by atoms with van der Waals surface area (Å²) in [6.07, 6.45) is 4.79. The molecule has 24 heavy (non-hydrogen) atoms. The minimum absolute atomic E-state index is 0.0901. The molecule has 0 radical (unpaired) electrons. The maximum absolute atomic E-state index is 12.7. The molecule has 0 bridgehead atoms. The molecule has 2 aliphatic heterocycles. The van der Waals surface area contributed by atoms with E-state index in [4.69, 9.17) is 0 Å². The summed E-state index contributed by atoms with van der Waals surface area (Å²) in [5, 5.41) is 12.7. The van der Waals surface area contributed by atoms with Crippen molar-refractivity contribution in [3.05, 3.63) is 23.8 Å². The van der Waals surface area contributed by atoms with Crippen LogP contribution in [-0.2, 0) is 4.79 Å². The number of hydrogen-bond acceptors (Lipinski definition) is 4. The molecule has 6 heteroatoms. The number of carbonyl (C=O) groups is 2. The molecular weight excluding hydrogens is 306 g/mol. The number of nitrogens with one attached hydrogen (secondary N) is 1. The van der Waals surface area contributed by atoms with Gasteiger partial charge in [-0.25, -0.2) is 0 Å². The highest BCUT2D eigenvalue weighted by molar-refractivity contribution is 5.98. The van der Waals surface area contributed by atoms with Gasteiger partial charge in [-0.2, -0.15) is 0 Å². The molecule has 0 aliphatic carbocycles. The number of rotatable bonds is 3. The highest BCUT2D eigenvalue weighted by atomic mass is 16.3. The molecule has 1 unspecified atom stereocenters. The largest absolute Gasteiger partial charge is 0.507 e. The van der Waals surface area contributed by atoms with Gasteiger partial charge in [-0.15, -0.1) is 0 Å². The summed E-state index contributed by atoms with van der Waals surface area (Å²) >= 11 is 0. The number of anilines is 1. The van der Waals surface area contributed by atoms with Gasteiger partial charge in [0.1, 0.15) is 5.75 Å². The molecule has 1 aromatic carbocycles. The molecule has 2 fully saturated rings. The lowest BCUT2D eigenvalue weighted by molar-refractivity contribution is -0.114. The Labute approximate surface area is 142 Å². The molecule has 2 saturated heterocycles. The zero-order valence-electron chi connectivity index (χ0n) is 14.1. The first kappa shape index (κ1) is 16.8. The summed E-state index contributed by atoms with van der Waals surface area (Å²) in [4.78, 5) is 28.1. The van der Waals surface area contributed by atoms with Gasteiger partial charge in [-0.05, 0) is 44.5 Å². The van der Waals surface area contributed by atoms with Crippen LogP contribution in [0.15, 0.2) is 18.2 Å². The van der Waals surface area contributed by atoms with Crippen LogP contribution in [0.2, 0.25) is 0 Å². The maximum Gasteiger partial charge on any atom is 0.257 e. The van der Waals surface area contributed by atoms with E-state index in [9.17, 15) is 14.7 Å². The third kappa shape index (κ3) is 3.70. The zero-order valence-corrected chi connectivity index (χ0v) is 14.1. The molecule has 130 valence electrons. The van der Waals surface area contributed by atoms with Crippen LogP contribution in [0.1, 0.15) is 43.0 Å². The van der Waals surface area contributed by atoms with E-state index in [1.165, 1.54) is 32.3 Å². The van der Waals surface area contributed by atoms with Crippen molar-refractivity contribution in [3.8, 4) is 5.75 Å². The maximum atomic E-state index is 12.7. The van der Waals surface area contributed by atoms with Crippen molar-refractivity contribution >= 4 is 17.5 Å². The Balaban J connectivity index is 1.65. The number of phenolic OH excluding ortho intramolecular Hbond substituents is 1. The fourth-order valence-electron chi connectivity index (χ4n) is 3.67. The van der Waals surface area contributed by atoms with Gasteiger partial charge < -0.3 is 15.3 Å². The van der Waals surface area contributed by atoms with E-state index in [0.29, 0.717) is 17.3 Å². The minimum Gasteiger partial charge on any atom is -0.507 e. The van der Waals surface area contributed by atoms with Gasteiger partial charge in [0.05, 0.1) is 5.56 Å². The van der Waals surface area contributed by atoms with Gasteiger partial charge >= 0.3 is 0 Å². The second kappa shape index (κ2) is 7.21. The smallest absolute Gasteiger partial charge is 0.257 e. The Morgan fingerprint density at radius 1 is 1.17 bits per heavy atom. The lowest BCUT2D eigenvalue weighted by Crippen LogP contribution is -2.41. The highest BCUT2D eigenvalue weighted by Crippen LogP contribution is 2.26. The normalized spacial score (nSPS) is 21.7. The van der Waals surface area contributed by atoms with Crippen molar-refractivity contribution in [2.75, 3.05) is 31.5 Å². The van der Waals surface area contributed by atoms with E-state index >= 15 is 0 Å². The summed E-state index contributed by atoms with van der Waals surface area (Å²) in [6, 6.07) is 5.09. The lowest BCUT2D eigenvalue weighted by atomic mass is 10.1. The number of benzene rings is 1. The molecule has 1 aromatic rings. The number of amides is 2. The van der Waals surface area contributed by atoms with Gasteiger partial charge in [0, 0.05) is 37.8 Å². The molecule has 2 heterocycles. The number of aromatic hydroxyl groups is 1. The van der Waals surface area contributed by atoms with Crippen LogP contribution >= 0.6 is 0 Å². The van der Waals surface area contributed by atoms with Crippen LogP contribution in [0.5, 0.6) is 5.75 Å². The first-order valence-corrected chi connectivity index (χ1v) is 8.68. The van der Waals surface area contributed by atoms with Gasteiger partial charge in [0.2, 0.25) is 5.91 Å². The Morgan fingerprint density at radius 2 is 1.92 bits per heavy atom. The van der Waals surface area contributed by atoms with Crippen LogP contribution in [0.4, 0.5) is 5.69 Å². The summed E-state index contributed by atoms with van der Waals surface area (Å²) in [6.45, 7) is 5.12. The number of hydrogen-bond donors (Lipinski definition) is 2. The van der Waals surface area contributed by atoms with Crippen LogP contribution in [-0.4, -0.2) is 58.9 Å². The summed E-state index contributed by atoms with van der Waals surface area (Å²) in [5.41, 5.74) is 0.785. The first-order chi connectivity index (χ1) is 11.5. The molecule has 2 N–H and O–H groups in total. The van der Waals surface area contributed by atoms with Crippen LogP contribution in [0, 0.1) is 0 Å². The molecule has 1 atom stereocenters. The average Bonchev–Trinajstić information content (AvgIpc) is 3.05. The highest BCUT2D eigenvalue weighted by Gasteiger charge is 2.32. The van der Waals surface area contributed by atoms with Crippen molar-refractivity contribution in [1.29, 1.82) is 0 Å². The molecule has 0 spiro atoms. The van der Waals surface area contributed by atoms with E-state index in [0.717, 1.165) is 32.6 Å². The molecule has 2 amide bonds. The first-order valence-electron chi connectivity index (χ1n) is 8.68. The molecule has 0 aromatic heterocycles. The van der Waals surface area contributed by atoms with Crippen molar-refractivity contribution in [2.24, 2.45) is 0 Å². The number of nitrogens with zero attached hydrogens (tertiary/aromatic N) is 2. The van der Waals surface area contributed by atoms with E-state index in [1.54, 1.807) is 12.1 Å². The molecule has 3 rings (SSSR count). The van der Waals surface area contributed by atoms with Crippen molar-refractivity contribution in [2.45, 2.75) is 38.6 Å². The third-order valence-electron chi connectivity index (χ3n) is 4.91. The Morgan fingerprint density at radius 3 is 2.58 bits per heavy atom. The molecule has 6 nitrogen and oxygen atoms in total. The predicted molar refractivity (Wildman–Crippen MR) is 92.1 cm³/mol. The van der Waals surface area contributed by atoms with Crippen molar-refractivity contribution < 1.29 is 14.7 Å². The summed E-state index contributed by atoms with van der Waals surface area (Å²) in [7, 11) is 0. The quantitative estimate of drug-likeness (QED) is 0.889. The SMILES string of the molecule is CC(=O)Nc1ccc(C(=O)N2CCC(N3CCCCC3)C2)c(O)c1. The van der Waals surface area contributed by atoms with E-state index < -0.39 is 0 Å². The minimum atomic E-state index is -0.211. The number of phenols is 1. The van der Waals surface area contributed by atoms with Crippen LogP contribution < -0.4 is 5.32 Å². The van der Waals surface area contributed by atoms with Crippen LogP contribution in [0.3, 0.4) is 0 Å². The zero-order chi connectivity index (χ0) is 17.1. The van der Waals surface area contributed by atoms with E-state index in [2.05, 4.69) is 10.2 Å². The van der Waals surface area contributed by atoms with Crippen molar-refractivity contribution in [1.82, 2.24) is 9.80 Å². The summed E-state index contributed by atoms with van der Waals surface area (Å²) in [5.74, 6) is -0.438.